The van der Waals surface area contributed by atoms with Crippen molar-refractivity contribution >= 4 is 5.91 Å². The third kappa shape index (κ3) is 3.98. The van der Waals surface area contributed by atoms with Crippen molar-refractivity contribution in [2.75, 3.05) is 14.2 Å². The van der Waals surface area contributed by atoms with E-state index in [1.54, 1.807) is 37.1 Å². The van der Waals surface area contributed by atoms with Gasteiger partial charge in [-0.2, -0.15) is 5.10 Å². The van der Waals surface area contributed by atoms with Gasteiger partial charge in [0.1, 0.15) is 5.82 Å². The number of carbonyl (C=O) groups is 1. The fourth-order valence-electron chi connectivity index (χ4n) is 2.98. The number of amides is 1. The van der Waals surface area contributed by atoms with Crippen molar-refractivity contribution in [1.82, 2.24) is 15.1 Å². The highest BCUT2D eigenvalue weighted by Crippen LogP contribution is 2.27. The van der Waals surface area contributed by atoms with Gasteiger partial charge in [-0.1, -0.05) is 13.0 Å². The van der Waals surface area contributed by atoms with Crippen molar-refractivity contribution in [3.05, 3.63) is 71.3 Å². The number of benzene rings is 2. The summed E-state index contributed by atoms with van der Waals surface area (Å²) in [5.74, 6) is 0.695. The maximum Gasteiger partial charge on any atom is 0.255 e. The number of nitrogens with zero attached hydrogens (tertiary/aromatic N) is 2. The molecule has 0 spiro atoms. The van der Waals surface area contributed by atoms with Crippen LogP contribution < -0.4 is 14.8 Å². The van der Waals surface area contributed by atoms with E-state index in [-0.39, 0.29) is 11.7 Å². The van der Waals surface area contributed by atoms with E-state index in [9.17, 15) is 9.18 Å². The van der Waals surface area contributed by atoms with Crippen LogP contribution in [0.1, 0.15) is 28.5 Å². The Morgan fingerprint density at radius 2 is 1.82 bits per heavy atom. The summed E-state index contributed by atoms with van der Waals surface area (Å²) in [6.45, 7) is 2.28. The lowest BCUT2D eigenvalue weighted by molar-refractivity contribution is 0.0950. The van der Waals surface area contributed by atoms with Crippen molar-refractivity contribution in [3.8, 4) is 17.2 Å². The summed E-state index contributed by atoms with van der Waals surface area (Å²) in [5.41, 5.74) is 2.84. The summed E-state index contributed by atoms with van der Waals surface area (Å²) < 4.78 is 25.3. The van der Waals surface area contributed by atoms with E-state index in [1.165, 1.54) is 18.3 Å². The molecule has 0 aliphatic heterocycles. The molecule has 1 aromatic heterocycles. The predicted octanol–water partition coefficient (Wildman–Crippen LogP) is 3.52. The molecule has 0 fully saturated rings. The number of hydrogen-bond acceptors (Lipinski definition) is 4. The molecular formula is C21H22FN3O3. The van der Waals surface area contributed by atoms with E-state index in [0.29, 0.717) is 35.7 Å². The molecule has 0 saturated carbocycles. The van der Waals surface area contributed by atoms with Crippen LogP contribution >= 0.6 is 0 Å². The van der Waals surface area contributed by atoms with E-state index in [4.69, 9.17) is 9.47 Å². The number of aromatic nitrogens is 2. The molecule has 146 valence electrons. The Bertz CT molecular complexity index is 968. The van der Waals surface area contributed by atoms with Crippen molar-refractivity contribution in [3.63, 3.8) is 0 Å². The first-order valence-electron chi connectivity index (χ1n) is 8.89. The Morgan fingerprint density at radius 1 is 1.11 bits per heavy atom. The summed E-state index contributed by atoms with van der Waals surface area (Å²) in [4.78, 5) is 12.7. The fourth-order valence-corrected chi connectivity index (χ4v) is 2.98. The van der Waals surface area contributed by atoms with Gasteiger partial charge in [-0.3, -0.25) is 4.79 Å². The van der Waals surface area contributed by atoms with Gasteiger partial charge in [0.2, 0.25) is 0 Å². The quantitative estimate of drug-likeness (QED) is 0.678. The molecular weight excluding hydrogens is 361 g/mol. The topological polar surface area (TPSA) is 65.4 Å². The molecule has 3 rings (SSSR count). The molecule has 1 heterocycles. The van der Waals surface area contributed by atoms with Gasteiger partial charge < -0.3 is 14.8 Å². The first-order chi connectivity index (χ1) is 13.6. The molecule has 7 heteroatoms. The van der Waals surface area contributed by atoms with Gasteiger partial charge in [-0.25, -0.2) is 9.07 Å². The molecule has 0 aliphatic rings. The Morgan fingerprint density at radius 3 is 2.46 bits per heavy atom. The van der Waals surface area contributed by atoms with E-state index < -0.39 is 0 Å². The second kappa shape index (κ2) is 8.56. The minimum Gasteiger partial charge on any atom is -0.493 e. The molecule has 6 nitrogen and oxygen atoms in total. The zero-order chi connectivity index (χ0) is 20.1. The highest BCUT2D eigenvalue weighted by Gasteiger charge is 2.17. The van der Waals surface area contributed by atoms with Crippen molar-refractivity contribution in [2.45, 2.75) is 19.9 Å². The minimum absolute atomic E-state index is 0.222. The Labute approximate surface area is 162 Å². The average molecular weight is 383 g/mol. The fraction of sp³-hybridized carbons (Fsp3) is 0.238. The first kappa shape index (κ1) is 19.4. The summed E-state index contributed by atoms with van der Waals surface area (Å²) in [5, 5.41) is 7.21. The smallest absolute Gasteiger partial charge is 0.255 e. The van der Waals surface area contributed by atoms with Crippen molar-refractivity contribution < 1.29 is 18.7 Å². The zero-order valence-corrected chi connectivity index (χ0v) is 16.0. The van der Waals surface area contributed by atoms with Crippen LogP contribution in [0.5, 0.6) is 11.5 Å². The van der Waals surface area contributed by atoms with Gasteiger partial charge in [0.25, 0.3) is 5.91 Å². The van der Waals surface area contributed by atoms with Crippen LogP contribution in [0.25, 0.3) is 5.69 Å². The van der Waals surface area contributed by atoms with Gasteiger partial charge in [-0.05, 0) is 48.4 Å². The zero-order valence-electron chi connectivity index (χ0n) is 16.0. The van der Waals surface area contributed by atoms with Gasteiger partial charge in [0.05, 0.1) is 37.4 Å². The Balaban J connectivity index is 1.77. The van der Waals surface area contributed by atoms with Crippen LogP contribution in [0.4, 0.5) is 4.39 Å². The van der Waals surface area contributed by atoms with E-state index in [2.05, 4.69) is 10.4 Å². The highest BCUT2D eigenvalue weighted by molar-refractivity contribution is 5.95. The van der Waals surface area contributed by atoms with E-state index in [0.717, 1.165) is 11.3 Å². The van der Waals surface area contributed by atoms with Crippen molar-refractivity contribution in [2.24, 2.45) is 0 Å². The highest BCUT2D eigenvalue weighted by atomic mass is 19.1. The second-order valence-corrected chi connectivity index (χ2v) is 6.12. The van der Waals surface area contributed by atoms with Crippen LogP contribution in [-0.4, -0.2) is 29.9 Å². The first-order valence-corrected chi connectivity index (χ1v) is 8.89. The third-order valence-corrected chi connectivity index (χ3v) is 4.42. The molecule has 0 saturated heterocycles. The lowest BCUT2D eigenvalue weighted by Gasteiger charge is -2.11. The lowest BCUT2D eigenvalue weighted by atomic mass is 10.1. The maximum atomic E-state index is 13.2. The molecule has 3 aromatic rings. The summed E-state index contributed by atoms with van der Waals surface area (Å²) >= 11 is 0. The third-order valence-electron chi connectivity index (χ3n) is 4.42. The number of hydrogen-bond donors (Lipinski definition) is 1. The average Bonchev–Trinajstić information content (AvgIpc) is 3.16. The van der Waals surface area contributed by atoms with E-state index >= 15 is 0 Å². The monoisotopic (exact) mass is 383 g/mol. The van der Waals surface area contributed by atoms with Crippen molar-refractivity contribution in [1.29, 1.82) is 0 Å². The Hall–Kier alpha value is -3.35. The van der Waals surface area contributed by atoms with Gasteiger partial charge in [0, 0.05) is 6.54 Å². The van der Waals surface area contributed by atoms with Crippen LogP contribution in [0.2, 0.25) is 0 Å². The molecule has 0 bridgehead atoms. The maximum absolute atomic E-state index is 13.2. The Kier molecular flexibility index (Phi) is 5.93. The van der Waals surface area contributed by atoms with Crippen LogP contribution in [0.15, 0.2) is 48.7 Å². The number of ether oxygens (including phenoxy) is 2. The summed E-state index contributed by atoms with van der Waals surface area (Å²) in [7, 11) is 3.14. The molecule has 1 amide bonds. The number of nitrogens with one attached hydrogen (secondary N) is 1. The number of carbonyl (C=O) groups excluding carboxylic acids is 1. The normalized spacial score (nSPS) is 10.6. The molecule has 2 aromatic carbocycles. The van der Waals surface area contributed by atoms with Crippen LogP contribution in [0, 0.1) is 5.82 Å². The SMILES string of the molecule is CCc1c(C(=O)NCc2ccc(OC)c(OC)c2)cnn1-c1ccc(F)cc1. The molecule has 0 radical (unpaired) electrons. The molecule has 0 unspecified atom stereocenters. The minimum atomic E-state index is -0.318. The summed E-state index contributed by atoms with van der Waals surface area (Å²) in [6.07, 6.45) is 2.14. The second-order valence-electron chi connectivity index (χ2n) is 6.12. The molecule has 1 N–H and O–H groups in total. The van der Waals surface area contributed by atoms with Gasteiger partial charge in [0.15, 0.2) is 11.5 Å². The van der Waals surface area contributed by atoms with Crippen LogP contribution in [0.3, 0.4) is 0 Å². The summed E-state index contributed by atoms with van der Waals surface area (Å²) in [6, 6.07) is 11.5. The van der Waals surface area contributed by atoms with Gasteiger partial charge in [-0.15, -0.1) is 0 Å². The van der Waals surface area contributed by atoms with Crippen LogP contribution in [-0.2, 0) is 13.0 Å². The molecule has 28 heavy (non-hydrogen) atoms. The van der Waals surface area contributed by atoms with Gasteiger partial charge >= 0.3 is 0 Å². The molecule has 0 atom stereocenters. The molecule has 0 aliphatic carbocycles. The predicted molar refractivity (Wildman–Crippen MR) is 104 cm³/mol. The number of methoxy groups -OCH3 is 2. The lowest BCUT2D eigenvalue weighted by Crippen LogP contribution is -2.23. The number of rotatable bonds is 7. The largest absolute Gasteiger partial charge is 0.493 e. The van der Waals surface area contributed by atoms with E-state index in [1.807, 2.05) is 19.1 Å². The number of halogens is 1. The standard InChI is InChI=1S/C21H22FN3O3/c1-4-18-17(13-24-25(18)16-8-6-15(22)7-9-16)21(26)23-12-14-5-10-19(27-2)20(11-14)28-3/h5-11,13H,4,12H2,1-3H3,(H,23,26).